The third-order valence-electron chi connectivity index (χ3n) is 6.30. The van der Waals surface area contributed by atoms with Crippen molar-refractivity contribution in [1.29, 1.82) is 0 Å². The predicted octanol–water partition coefficient (Wildman–Crippen LogP) is 6.48. The molecule has 0 saturated carbocycles. The van der Waals surface area contributed by atoms with Crippen molar-refractivity contribution in [3.8, 4) is 0 Å². The van der Waals surface area contributed by atoms with Crippen LogP contribution < -0.4 is 0 Å². The minimum absolute atomic E-state index is 0.269. The molecule has 0 spiro atoms. The van der Waals surface area contributed by atoms with Crippen LogP contribution >= 0.6 is 0 Å². The highest BCUT2D eigenvalue weighted by Gasteiger charge is 2.21. The van der Waals surface area contributed by atoms with Crippen LogP contribution in [0.15, 0.2) is 65.7 Å². The summed E-state index contributed by atoms with van der Waals surface area (Å²) >= 11 is 0. The maximum atomic E-state index is 12.5. The lowest BCUT2D eigenvalue weighted by Crippen LogP contribution is -2.40. The summed E-state index contributed by atoms with van der Waals surface area (Å²) in [5, 5.41) is 7.98. The van der Waals surface area contributed by atoms with Crippen LogP contribution in [0, 0.1) is 0 Å². The van der Waals surface area contributed by atoms with Gasteiger partial charge in [-0.25, -0.2) is 0 Å². The molecule has 4 rings (SSSR count). The lowest BCUT2D eigenvalue weighted by molar-refractivity contribution is -0.902. The fourth-order valence-electron chi connectivity index (χ4n) is 4.38. The van der Waals surface area contributed by atoms with Crippen molar-refractivity contribution in [2.75, 3.05) is 20.6 Å². The van der Waals surface area contributed by atoms with E-state index in [1.807, 2.05) is 20.8 Å². The van der Waals surface area contributed by atoms with E-state index >= 15 is 0 Å². The highest BCUT2D eigenvalue weighted by atomic mass is 16.1. The Hall–Kier alpha value is -2.71. The number of benzene rings is 4. The van der Waals surface area contributed by atoms with E-state index in [-0.39, 0.29) is 5.78 Å². The van der Waals surface area contributed by atoms with Gasteiger partial charge in [0, 0.05) is 5.56 Å². The molecule has 148 valence electrons. The predicted molar refractivity (Wildman–Crippen MR) is 124 cm³/mol. The van der Waals surface area contributed by atoms with E-state index in [1.165, 1.54) is 37.9 Å². The SMILES string of the molecule is CC(C)=C(C)C(=O)CC[N+](C)(C)Cc1cc2cccc3ccc4cccc1c4c32. The van der Waals surface area contributed by atoms with E-state index in [1.54, 1.807) is 0 Å². The third-order valence-corrected chi connectivity index (χ3v) is 6.30. The van der Waals surface area contributed by atoms with Crippen LogP contribution in [0.25, 0.3) is 32.3 Å². The van der Waals surface area contributed by atoms with Gasteiger partial charge >= 0.3 is 0 Å². The summed E-state index contributed by atoms with van der Waals surface area (Å²) in [5.74, 6) is 0.269. The van der Waals surface area contributed by atoms with Gasteiger partial charge in [-0.2, -0.15) is 0 Å². The lowest BCUT2D eigenvalue weighted by atomic mass is 9.91. The van der Waals surface area contributed by atoms with Crippen LogP contribution in [0.1, 0.15) is 32.8 Å². The molecule has 0 aliphatic heterocycles. The second-order valence-electron chi connectivity index (χ2n) is 9.20. The number of hydrogen-bond acceptors (Lipinski definition) is 1. The lowest BCUT2D eigenvalue weighted by Gasteiger charge is -2.30. The van der Waals surface area contributed by atoms with Gasteiger partial charge in [0.05, 0.1) is 27.1 Å². The molecule has 0 atom stereocenters. The van der Waals surface area contributed by atoms with E-state index in [0.29, 0.717) is 6.42 Å². The van der Waals surface area contributed by atoms with Crippen LogP contribution in [-0.2, 0) is 11.3 Å². The molecule has 0 saturated heterocycles. The van der Waals surface area contributed by atoms with Crippen LogP contribution in [0.3, 0.4) is 0 Å². The van der Waals surface area contributed by atoms with Crippen molar-refractivity contribution >= 4 is 38.1 Å². The first-order valence-electron chi connectivity index (χ1n) is 10.4. The molecule has 0 aromatic heterocycles. The van der Waals surface area contributed by atoms with Crippen molar-refractivity contribution in [1.82, 2.24) is 0 Å². The molecule has 29 heavy (non-hydrogen) atoms. The van der Waals surface area contributed by atoms with Gasteiger partial charge < -0.3 is 4.48 Å². The number of quaternary nitrogens is 1. The summed E-state index contributed by atoms with van der Waals surface area (Å²) in [6.45, 7) is 7.71. The number of rotatable bonds is 6. The molecule has 0 bridgehead atoms. The Morgan fingerprint density at radius 1 is 0.828 bits per heavy atom. The Morgan fingerprint density at radius 2 is 1.45 bits per heavy atom. The minimum atomic E-state index is 0.269. The molecule has 0 radical (unpaired) electrons. The number of Topliss-reactive ketones (excluding diaryl/α,β-unsaturated/α-hetero) is 1. The quantitative estimate of drug-likeness (QED) is 0.211. The molecule has 2 heteroatoms. The molecule has 0 fully saturated rings. The Labute approximate surface area is 173 Å². The van der Waals surface area contributed by atoms with Gasteiger partial charge in [0.15, 0.2) is 5.78 Å². The second-order valence-corrected chi connectivity index (χ2v) is 9.20. The number of carbonyl (C=O) groups is 1. The van der Waals surface area contributed by atoms with Crippen molar-refractivity contribution in [2.24, 2.45) is 0 Å². The molecule has 0 aliphatic rings. The number of hydrogen-bond donors (Lipinski definition) is 0. The van der Waals surface area contributed by atoms with Crippen molar-refractivity contribution < 1.29 is 9.28 Å². The monoisotopic (exact) mass is 384 g/mol. The topological polar surface area (TPSA) is 17.1 Å². The number of allylic oxidation sites excluding steroid dienone is 2. The first-order chi connectivity index (χ1) is 13.8. The van der Waals surface area contributed by atoms with Crippen molar-refractivity contribution in [2.45, 2.75) is 33.7 Å². The molecule has 0 N–H and O–H groups in total. The van der Waals surface area contributed by atoms with Gasteiger partial charge in [-0.15, -0.1) is 0 Å². The Bertz CT molecular complexity index is 1240. The highest BCUT2D eigenvalue weighted by molar-refractivity contribution is 6.23. The number of carbonyl (C=O) groups excluding carboxylic acids is 1. The normalized spacial score (nSPS) is 12.2. The van der Waals surface area contributed by atoms with Crippen LogP contribution in [0.2, 0.25) is 0 Å². The second kappa shape index (κ2) is 7.27. The first-order valence-corrected chi connectivity index (χ1v) is 10.4. The van der Waals surface area contributed by atoms with Gasteiger partial charge in [0.25, 0.3) is 0 Å². The third kappa shape index (κ3) is 3.65. The summed E-state index contributed by atoms with van der Waals surface area (Å²) in [6, 6.07) is 20.0. The number of ketones is 1. The molecule has 4 aromatic rings. The zero-order valence-electron chi connectivity index (χ0n) is 18.2. The van der Waals surface area contributed by atoms with E-state index in [4.69, 9.17) is 0 Å². The maximum Gasteiger partial charge on any atom is 0.164 e. The minimum Gasteiger partial charge on any atom is -0.324 e. The van der Waals surface area contributed by atoms with Crippen molar-refractivity contribution in [3.05, 3.63) is 71.3 Å². The first kappa shape index (κ1) is 19.6. The fourth-order valence-corrected chi connectivity index (χ4v) is 4.38. The molecule has 0 unspecified atom stereocenters. The summed E-state index contributed by atoms with van der Waals surface area (Å²) < 4.78 is 0.794. The molecule has 0 aliphatic carbocycles. The van der Waals surface area contributed by atoms with Crippen LogP contribution in [0.5, 0.6) is 0 Å². The molecule has 0 heterocycles. The molecular formula is C27H30NO+. The molecule has 0 amide bonds. The van der Waals surface area contributed by atoms with Crippen molar-refractivity contribution in [3.63, 3.8) is 0 Å². The zero-order chi connectivity index (χ0) is 20.8. The Balaban J connectivity index is 1.72. The standard InChI is InChI=1S/C27H30NO/c1-18(2)19(3)25(29)14-15-28(4,5)17-23-16-22-10-6-8-20-12-13-21-9-7-11-24(23)27(21)26(20)22/h6-13,16H,14-15,17H2,1-5H3/q+1. The molecule has 4 aromatic carbocycles. The summed E-state index contributed by atoms with van der Waals surface area (Å²) in [4.78, 5) is 12.5. The van der Waals surface area contributed by atoms with E-state index < -0.39 is 0 Å². The average Bonchev–Trinajstić information content (AvgIpc) is 2.70. The van der Waals surface area contributed by atoms with Gasteiger partial charge in [0.2, 0.25) is 0 Å². The fraction of sp³-hybridized carbons (Fsp3) is 0.296. The highest BCUT2D eigenvalue weighted by Crippen LogP contribution is 2.37. The van der Waals surface area contributed by atoms with E-state index in [0.717, 1.165) is 28.7 Å². The average molecular weight is 385 g/mol. The summed E-state index contributed by atoms with van der Waals surface area (Å²) in [7, 11) is 4.46. The van der Waals surface area contributed by atoms with Gasteiger partial charge in [-0.3, -0.25) is 4.79 Å². The molecular weight excluding hydrogens is 354 g/mol. The van der Waals surface area contributed by atoms with E-state index in [9.17, 15) is 4.79 Å². The Kier molecular flexibility index (Phi) is 4.92. The zero-order valence-corrected chi connectivity index (χ0v) is 18.2. The summed E-state index contributed by atoms with van der Waals surface area (Å²) in [5.41, 5.74) is 3.39. The summed E-state index contributed by atoms with van der Waals surface area (Å²) in [6.07, 6.45) is 0.591. The van der Waals surface area contributed by atoms with E-state index in [2.05, 4.69) is 68.7 Å². The Morgan fingerprint density at radius 3 is 2.14 bits per heavy atom. The van der Waals surface area contributed by atoms with Gasteiger partial charge in [0.1, 0.15) is 6.54 Å². The van der Waals surface area contributed by atoms with Crippen LogP contribution in [-0.4, -0.2) is 30.9 Å². The maximum absolute atomic E-state index is 12.5. The van der Waals surface area contributed by atoms with Gasteiger partial charge in [-0.05, 0) is 64.7 Å². The van der Waals surface area contributed by atoms with Crippen LogP contribution in [0.4, 0.5) is 0 Å². The molecule has 2 nitrogen and oxygen atoms in total. The van der Waals surface area contributed by atoms with Gasteiger partial charge in [-0.1, -0.05) is 54.1 Å². The smallest absolute Gasteiger partial charge is 0.164 e. The largest absolute Gasteiger partial charge is 0.324 e. The number of nitrogens with zero attached hydrogens (tertiary/aromatic N) is 1.